The summed E-state index contributed by atoms with van der Waals surface area (Å²) in [4.78, 5) is 14.8. The van der Waals surface area contributed by atoms with Crippen LogP contribution in [0.2, 0.25) is 0 Å². The van der Waals surface area contributed by atoms with Gasteiger partial charge in [0.25, 0.3) is 0 Å². The van der Waals surface area contributed by atoms with Crippen LogP contribution in [0.3, 0.4) is 0 Å². The second-order valence-electron chi connectivity index (χ2n) is 6.70. The maximum absolute atomic E-state index is 4.61. The van der Waals surface area contributed by atoms with Crippen LogP contribution in [0.1, 0.15) is 24.7 Å². The highest BCUT2D eigenvalue weighted by Crippen LogP contribution is 2.25. The summed E-state index contributed by atoms with van der Waals surface area (Å²) in [6, 6.07) is 13.7. The molecule has 3 aromatic rings. The molecule has 5 nitrogen and oxygen atoms in total. The molecule has 0 spiro atoms. The molecule has 1 aromatic carbocycles. The number of fused-ring (bicyclic) bond motifs is 1. The number of hydrogen-bond donors (Lipinski definition) is 2. The van der Waals surface area contributed by atoms with Gasteiger partial charge in [0.05, 0.1) is 5.39 Å². The van der Waals surface area contributed by atoms with Crippen LogP contribution in [-0.4, -0.2) is 38.5 Å². The third kappa shape index (κ3) is 2.99. The Bertz CT molecular complexity index is 826. The molecule has 0 radical (unpaired) electrons. The minimum atomic E-state index is 0.413. The van der Waals surface area contributed by atoms with Crippen molar-refractivity contribution in [3.63, 3.8) is 0 Å². The van der Waals surface area contributed by atoms with Crippen molar-refractivity contribution in [3.8, 4) is 0 Å². The summed E-state index contributed by atoms with van der Waals surface area (Å²) < 4.78 is 0. The molecule has 1 aliphatic heterocycles. The highest BCUT2D eigenvalue weighted by atomic mass is 15.2. The van der Waals surface area contributed by atoms with E-state index in [0.29, 0.717) is 12.1 Å². The Morgan fingerprint density at radius 2 is 2.04 bits per heavy atom. The zero-order valence-corrected chi connectivity index (χ0v) is 14.2. The van der Waals surface area contributed by atoms with E-state index >= 15 is 0 Å². The zero-order valence-electron chi connectivity index (χ0n) is 14.2. The van der Waals surface area contributed by atoms with Crippen molar-refractivity contribution in [1.29, 1.82) is 0 Å². The Labute approximate surface area is 142 Å². The average Bonchev–Trinajstić information content (AvgIpc) is 3.15. The van der Waals surface area contributed by atoms with Gasteiger partial charge in [0.15, 0.2) is 0 Å². The van der Waals surface area contributed by atoms with Crippen LogP contribution in [0, 0.1) is 6.92 Å². The number of aromatic nitrogens is 3. The lowest BCUT2D eigenvalue weighted by molar-refractivity contribution is 0.259. The lowest BCUT2D eigenvalue weighted by Gasteiger charge is -2.21. The van der Waals surface area contributed by atoms with Crippen LogP contribution in [0.4, 0.5) is 5.82 Å². The second-order valence-corrected chi connectivity index (χ2v) is 6.70. The van der Waals surface area contributed by atoms with Gasteiger partial charge in [-0.15, -0.1) is 0 Å². The molecule has 2 atom stereocenters. The minimum absolute atomic E-state index is 0.413. The minimum Gasteiger partial charge on any atom is -0.365 e. The van der Waals surface area contributed by atoms with Gasteiger partial charge < -0.3 is 10.3 Å². The number of nitrogens with one attached hydrogen (secondary N) is 2. The second kappa shape index (κ2) is 6.24. The van der Waals surface area contributed by atoms with Crippen molar-refractivity contribution in [2.75, 3.05) is 11.9 Å². The molecule has 5 heteroatoms. The smallest absolute Gasteiger partial charge is 0.143 e. The number of aromatic amines is 1. The molecule has 1 fully saturated rings. The van der Waals surface area contributed by atoms with Crippen LogP contribution in [0.25, 0.3) is 11.0 Å². The lowest BCUT2D eigenvalue weighted by atomic mass is 10.2. The maximum Gasteiger partial charge on any atom is 0.143 e. The van der Waals surface area contributed by atoms with Gasteiger partial charge in [-0.1, -0.05) is 30.3 Å². The summed E-state index contributed by atoms with van der Waals surface area (Å²) in [5.41, 5.74) is 2.27. The molecule has 2 unspecified atom stereocenters. The number of anilines is 1. The summed E-state index contributed by atoms with van der Waals surface area (Å²) in [7, 11) is 0. The van der Waals surface area contributed by atoms with E-state index in [1.54, 1.807) is 0 Å². The maximum atomic E-state index is 4.61. The third-order valence-electron chi connectivity index (χ3n) is 4.80. The van der Waals surface area contributed by atoms with Crippen molar-refractivity contribution in [2.45, 2.75) is 38.9 Å². The van der Waals surface area contributed by atoms with Crippen LogP contribution in [0.5, 0.6) is 0 Å². The van der Waals surface area contributed by atoms with E-state index in [2.05, 4.69) is 62.4 Å². The summed E-state index contributed by atoms with van der Waals surface area (Å²) in [5.74, 6) is 1.73. The number of aryl methyl sites for hydroxylation is 1. The predicted octanol–water partition coefficient (Wildman–Crippen LogP) is 3.34. The number of likely N-dealkylation sites (tertiary alicyclic amines) is 1. The molecule has 3 heterocycles. The Balaban J connectivity index is 1.49. The topological polar surface area (TPSA) is 56.8 Å². The molecule has 0 bridgehead atoms. The van der Waals surface area contributed by atoms with Crippen LogP contribution < -0.4 is 5.32 Å². The van der Waals surface area contributed by atoms with E-state index in [4.69, 9.17) is 0 Å². The molecule has 0 aliphatic carbocycles. The molecule has 24 heavy (non-hydrogen) atoms. The average molecular weight is 321 g/mol. The Hall–Kier alpha value is -2.40. The van der Waals surface area contributed by atoms with Crippen LogP contribution in [-0.2, 0) is 6.54 Å². The van der Waals surface area contributed by atoms with Crippen molar-refractivity contribution in [1.82, 2.24) is 19.9 Å². The number of hydrogen-bond acceptors (Lipinski definition) is 4. The van der Waals surface area contributed by atoms with Gasteiger partial charge in [0.1, 0.15) is 17.3 Å². The van der Waals surface area contributed by atoms with Gasteiger partial charge in [-0.05, 0) is 31.9 Å². The molecular weight excluding hydrogens is 298 g/mol. The molecule has 2 aromatic heterocycles. The largest absolute Gasteiger partial charge is 0.365 e. The van der Waals surface area contributed by atoms with Crippen molar-refractivity contribution in [3.05, 3.63) is 54.0 Å². The highest BCUT2D eigenvalue weighted by Gasteiger charge is 2.29. The lowest BCUT2D eigenvalue weighted by Crippen LogP contribution is -2.28. The first-order chi connectivity index (χ1) is 11.7. The Kier molecular flexibility index (Phi) is 3.94. The molecule has 1 aliphatic rings. The Morgan fingerprint density at radius 1 is 1.21 bits per heavy atom. The number of rotatable bonds is 4. The van der Waals surface area contributed by atoms with E-state index < -0.39 is 0 Å². The van der Waals surface area contributed by atoms with E-state index in [1.165, 1.54) is 5.56 Å². The first-order valence-electron chi connectivity index (χ1n) is 8.55. The molecule has 0 saturated carbocycles. The molecule has 0 amide bonds. The summed E-state index contributed by atoms with van der Waals surface area (Å²) in [5, 5.41) is 4.71. The zero-order chi connectivity index (χ0) is 16.5. The molecular formula is C19H23N5. The SMILES string of the molecule is Cc1nc(NC2CC(C)N(Cc3ccccc3)C2)c2cc[nH]c2n1. The van der Waals surface area contributed by atoms with Gasteiger partial charge in [-0.25, -0.2) is 9.97 Å². The van der Waals surface area contributed by atoms with Gasteiger partial charge >= 0.3 is 0 Å². The number of H-pyrrole nitrogens is 1. The molecule has 1 saturated heterocycles. The third-order valence-corrected chi connectivity index (χ3v) is 4.80. The number of nitrogens with zero attached hydrogens (tertiary/aromatic N) is 3. The summed E-state index contributed by atoms with van der Waals surface area (Å²) in [6.45, 7) is 6.28. The van der Waals surface area contributed by atoms with Crippen LogP contribution in [0.15, 0.2) is 42.6 Å². The summed E-state index contributed by atoms with van der Waals surface area (Å²) in [6.07, 6.45) is 3.05. The standard InChI is InChI=1S/C19H23N5/c1-13-10-16(12-24(13)11-15-6-4-3-5-7-15)23-19-17-8-9-20-18(17)21-14(2)22-19/h3-9,13,16H,10-12H2,1-2H3,(H2,20,21,22,23). The fourth-order valence-corrected chi connectivity index (χ4v) is 3.60. The summed E-state index contributed by atoms with van der Waals surface area (Å²) >= 11 is 0. The quantitative estimate of drug-likeness (QED) is 0.774. The normalized spacial score (nSPS) is 21.4. The number of benzene rings is 1. The van der Waals surface area contributed by atoms with Crippen LogP contribution >= 0.6 is 0 Å². The van der Waals surface area contributed by atoms with Crippen molar-refractivity contribution < 1.29 is 0 Å². The molecule has 2 N–H and O–H groups in total. The van der Waals surface area contributed by atoms with Crippen molar-refractivity contribution in [2.24, 2.45) is 0 Å². The molecule has 124 valence electrons. The fourth-order valence-electron chi connectivity index (χ4n) is 3.60. The first-order valence-corrected chi connectivity index (χ1v) is 8.55. The van der Waals surface area contributed by atoms with E-state index in [1.807, 2.05) is 19.2 Å². The van der Waals surface area contributed by atoms with Crippen molar-refractivity contribution >= 4 is 16.9 Å². The predicted molar refractivity (Wildman–Crippen MR) is 97.0 cm³/mol. The van der Waals surface area contributed by atoms with Gasteiger partial charge in [0, 0.05) is 31.4 Å². The van der Waals surface area contributed by atoms with E-state index in [0.717, 1.165) is 42.2 Å². The van der Waals surface area contributed by atoms with E-state index in [9.17, 15) is 0 Å². The molecule has 4 rings (SSSR count). The Morgan fingerprint density at radius 3 is 2.88 bits per heavy atom. The first kappa shape index (κ1) is 15.1. The van der Waals surface area contributed by atoms with Gasteiger partial charge in [-0.2, -0.15) is 0 Å². The fraction of sp³-hybridized carbons (Fsp3) is 0.368. The van der Waals surface area contributed by atoms with Gasteiger partial charge in [-0.3, -0.25) is 4.90 Å². The highest BCUT2D eigenvalue weighted by molar-refractivity contribution is 5.87. The van der Waals surface area contributed by atoms with E-state index in [-0.39, 0.29) is 0 Å². The monoisotopic (exact) mass is 321 g/mol. The van der Waals surface area contributed by atoms with Gasteiger partial charge in [0.2, 0.25) is 0 Å².